The fraction of sp³-hybridized carbons (Fsp3) is 0.467. The second-order valence-electron chi connectivity index (χ2n) is 5.13. The van der Waals surface area contributed by atoms with Gasteiger partial charge >= 0.3 is 5.97 Å². The molecule has 1 aromatic carbocycles. The lowest BCUT2D eigenvalue weighted by molar-refractivity contribution is -0.153. The molecule has 0 bridgehead atoms. The number of hydrogen-bond donors (Lipinski definition) is 0. The Balaban J connectivity index is 1.64. The molecule has 1 aliphatic carbocycles. The van der Waals surface area contributed by atoms with Crippen molar-refractivity contribution < 1.29 is 9.53 Å². The van der Waals surface area contributed by atoms with E-state index in [4.69, 9.17) is 4.74 Å². The first-order valence-electron chi connectivity index (χ1n) is 6.91. The number of fused-ring (bicyclic) bond motifs is 1. The van der Waals surface area contributed by atoms with Crippen molar-refractivity contribution in [1.29, 1.82) is 0 Å². The number of para-hydroxylation sites is 2. The van der Waals surface area contributed by atoms with Crippen molar-refractivity contribution >= 4 is 17.0 Å². The number of ether oxygens (including phenoxy) is 1. The van der Waals surface area contributed by atoms with E-state index in [-0.39, 0.29) is 18.6 Å². The molecule has 2 aromatic rings. The average Bonchev–Trinajstić information content (AvgIpc) is 2.89. The molecule has 4 nitrogen and oxygen atoms in total. The lowest BCUT2D eigenvalue weighted by Crippen LogP contribution is -2.21. The quantitative estimate of drug-likeness (QED) is 0.794. The van der Waals surface area contributed by atoms with Crippen molar-refractivity contribution in [1.82, 2.24) is 9.55 Å². The van der Waals surface area contributed by atoms with E-state index in [9.17, 15) is 4.79 Å². The molecule has 100 valence electrons. The zero-order chi connectivity index (χ0) is 13.1. The molecule has 0 amide bonds. The Morgan fingerprint density at radius 1 is 1.26 bits per heavy atom. The maximum absolute atomic E-state index is 12.0. The molecule has 0 spiro atoms. The Bertz CT molecular complexity index is 570. The normalized spacial score (nSPS) is 16.6. The third kappa shape index (κ3) is 2.62. The number of carbonyl (C=O) groups excluding carboxylic acids is 1. The zero-order valence-corrected chi connectivity index (χ0v) is 10.9. The highest BCUT2D eigenvalue weighted by Crippen LogP contribution is 2.24. The summed E-state index contributed by atoms with van der Waals surface area (Å²) in [5.41, 5.74) is 1.93. The van der Waals surface area contributed by atoms with Gasteiger partial charge in [-0.1, -0.05) is 31.4 Å². The van der Waals surface area contributed by atoms with Gasteiger partial charge in [0.25, 0.3) is 0 Å². The molecule has 1 fully saturated rings. The van der Waals surface area contributed by atoms with Gasteiger partial charge in [0.1, 0.15) is 0 Å². The Hall–Kier alpha value is -1.84. The molecule has 0 radical (unpaired) electrons. The van der Waals surface area contributed by atoms with Crippen LogP contribution in [0.2, 0.25) is 0 Å². The number of rotatable bonds is 3. The van der Waals surface area contributed by atoms with Crippen molar-refractivity contribution in [3.8, 4) is 0 Å². The first-order chi connectivity index (χ1) is 9.34. The fourth-order valence-electron chi connectivity index (χ4n) is 2.70. The summed E-state index contributed by atoms with van der Waals surface area (Å²) in [6.45, 7) is 0.260. The summed E-state index contributed by atoms with van der Waals surface area (Å²) in [6.07, 6.45) is 7.21. The number of aromatic nitrogens is 2. The summed E-state index contributed by atoms with van der Waals surface area (Å²) in [5, 5.41) is 0. The van der Waals surface area contributed by atoms with Crippen LogP contribution in [0.15, 0.2) is 30.6 Å². The van der Waals surface area contributed by atoms with Crippen LogP contribution < -0.4 is 0 Å². The summed E-state index contributed by atoms with van der Waals surface area (Å²) in [7, 11) is 0. The summed E-state index contributed by atoms with van der Waals surface area (Å²) < 4.78 is 7.29. The molecule has 1 heterocycles. The predicted octanol–water partition coefficient (Wildman–Crippen LogP) is 3.12. The minimum atomic E-state index is -0.0579. The molecular formula is C15H18N2O2. The van der Waals surface area contributed by atoms with Crippen LogP contribution >= 0.6 is 0 Å². The largest absolute Gasteiger partial charge is 0.444 e. The van der Waals surface area contributed by atoms with Gasteiger partial charge in [0.2, 0.25) is 0 Å². The number of esters is 1. The van der Waals surface area contributed by atoms with Crippen molar-refractivity contribution in [3.63, 3.8) is 0 Å². The number of hydrogen-bond acceptors (Lipinski definition) is 3. The second-order valence-corrected chi connectivity index (χ2v) is 5.13. The van der Waals surface area contributed by atoms with Gasteiger partial charge in [-0.05, 0) is 25.0 Å². The average molecular weight is 258 g/mol. The minimum Gasteiger partial charge on any atom is -0.444 e. The predicted molar refractivity (Wildman–Crippen MR) is 72.4 cm³/mol. The number of nitrogens with zero attached hydrogens (tertiary/aromatic N) is 2. The Labute approximate surface area is 112 Å². The SMILES string of the molecule is O=C(OCn1cnc2ccccc21)C1CCCCC1. The zero-order valence-electron chi connectivity index (χ0n) is 10.9. The number of benzene rings is 1. The number of carbonyl (C=O) groups is 1. The monoisotopic (exact) mass is 258 g/mol. The van der Waals surface area contributed by atoms with E-state index in [2.05, 4.69) is 4.98 Å². The van der Waals surface area contributed by atoms with E-state index in [1.54, 1.807) is 6.33 Å². The van der Waals surface area contributed by atoms with Gasteiger partial charge in [0.15, 0.2) is 6.73 Å². The van der Waals surface area contributed by atoms with Crippen molar-refractivity contribution in [2.24, 2.45) is 5.92 Å². The number of imidazole rings is 1. The van der Waals surface area contributed by atoms with E-state index in [1.807, 2.05) is 28.8 Å². The van der Waals surface area contributed by atoms with Gasteiger partial charge in [-0.3, -0.25) is 9.36 Å². The van der Waals surface area contributed by atoms with Crippen LogP contribution in [-0.2, 0) is 16.3 Å². The van der Waals surface area contributed by atoms with Crippen molar-refractivity contribution in [2.75, 3.05) is 0 Å². The highest BCUT2D eigenvalue weighted by atomic mass is 16.5. The van der Waals surface area contributed by atoms with Crippen molar-refractivity contribution in [3.05, 3.63) is 30.6 Å². The fourth-order valence-corrected chi connectivity index (χ4v) is 2.70. The van der Waals surface area contributed by atoms with Crippen LogP contribution in [0.4, 0.5) is 0 Å². The molecule has 0 aliphatic heterocycles. The van der Waals surface area contributed by atoms with E-state index in [0.29, 0.717) is 0 Å². The highest BCUT2D eigenvalue weighted by Gasteiger charge is 2.22. The van der Waals surface area contributed by atoms with Gasteiger partial charge < -0.3 is 4.74 Å². The van der Waals surface area contributed by atoms with Gasteiger partial charge in [0, 0.05) is 0 Å². The molecule has 19 heavy (non-hydrogen) atoms. The molecule has 4 heteroatoms. The van der Waals surface area contributed by atoms with Gasteiger partial charge in [0.05, 0.1) is 23.3 Å². The lowest BCUT2D eigenvalue weighted by Gasteiger charge is -2.20. The van der Waals surface area contributed by atoms with Crippen LogP contribution in [0.5, 0.6) is 0 Å². The van der Waals surface area contributed by atoms with Gasteiger partial charge in [-0.25, -0.2) is 4.98 Å². The maximum Gasteiger partial charge on any atom is 0.310 e. The molecule has 1 saturated carbocycles. The van der Waals surface area contributed by atoms with Gasteiger partial charge in [-0.2, -0.15) is 0 Å². The van der Waals surface area contributed by atoms with Crippen molar-refractivity contribution in [2.45, 2.75) is 38.8 Å². The highest BCUT2D eigenvalue weighted by molar-refractivity contribution is 5.75. The Kier molecular flexibility index (Phi) is 3.49. The molecule has 1 aromatic heterocycles. The molecule has 0 atom stereocenters. The van der Waals surface area contributed by atoms with E-state index < -0.39 is 0 Å². The molecule has 0 unspecified atom stereocenters. The van der Waals surface area contributed by atoms with E-state index in [0.717, 1.165) is 36.7 Å². The standard InChI is InChI=1S/C15H18N2O2/c18-15(12-6-2-1-3-7-12)19-11-17-10-16-13-8-4-5-9-14(13)17/h4-5,8-10,12H,1-3,6-7,11H2. The van der Waals surface area contributed by atoms with Crippen LogP contribution in [0.1, 0.15) is 32.1 Å². The second kappa shape index (κ2) is 5.43. The first kappa shape index (κ1) is 12.2. The Morgan fingerprint density at radius 3 is 2.89 bits per heavy atom. The molecule has 0 saturated heterocycles. The topological polar surface area (TPSA) is 44.1 Å². The molecular weight excluding hydrogens is 240 g/mol. The lowest BCUT2D eigenvalue weighted by atomic mass is 9.89. The summed E-state index contributed by atoms with van der Waals surface area (Å²) in [4.78, 5) is 16.3. The maximum atomic E-state index is 12.0. The summed E-state index contributed by atoms with van der Waals surface area (Å²) >= 11 is 0. The molecule has 0 N–H and O–H groups in total. The van der Waals surface area contributed by atoms with E-state index >= 15 is 0 Å². The third-order valence-corrected chi connectivity index (χ3v) is 3.81. The Morgan fingerprint density at radius 2 is 2.05 bits per heavy atom. The smallest absolute Gasteiger partial charge is 0.310 e. The van der Waals surface area contributed by atoms with Gasteiger partial charge in [-0.15, -0.1) is 0 Å². The van der Waals surface area contributed by atoms with Crippen LogP contribution in [0.3, 0.4) is 0 Å². The van der Waals surface area contributed by atoms with Crippen LogP contribution in [-0.4, -0.2) is 15.5 Å². The molecule has 1 aliphatic rings. The minimum absolute atomic E-state index is 0.0579. The van der Waals surface area contributed by atoms with Crippen LogP contribution in [0.25, 0.3) is 11.0 Å². The third-order valence-electron chi connectivity index (χ3n) is 3.81. The molecule has 3 rings (SSSR count). The van der Waals surface area contributed by atoms with E-state index in [1.165, 1.54) is 6.42 Å². The first-order valence-corrected chi connectivity index (χ1v) is 6.91. The summed E-state index contributed by atoms with van der Waals surface area (Å²) in [6, 6.07) is 7.85. The van der Waals surface area contributed by atoms with Crippen LogP contribution in [0, 0.1) is 5.92 Å². The summed E-state index contributed by atoms with van der Waals surface area (Å²) in [5.74, 6) is 0.0426.